The monoisotopic (exact) mass is 306 g/mol. The summed E-state index contributed by atoms with van der Waals surface area (Å²) in [5.74, 6) is 0.961. The number of pyridine rings is 1. The van der Waals surface area contributed by atoms with Crippen molar-refractivity contribution in [1.82, 2.24) is 9.88 Å². The second kappa shape index (κ2) is 5.90. The molecule has 116 valence electrons. The van der Waals surface area contributed by atoms with E-state index in [2.05, 4.69) is 40.3 Å². The zero-order valence-corrected chi connectivity index (χ0v) is 12.8. The van der Waals surface area contributed by atoms with E-state index in [0.29, 0.717) is 19.7 Å². The van der Waals surface area contributed by atoms with Crippen molar-refractivity contribution in [2.45, 2.75) is 12.1 Å². The Balaban J connectivity index is 1.57. The normalized spacial score (nSPS) is 23.4. The molecule has 0 aliphatic carbocycles. The summed E-state index contributed by atoms with van der Waals surface area (Å²) in [4.78, 5) is 8.71. The number of ether oxygens (including phenoxy) is 1. The molecule has 0 saturated carbocycles. The van der Waals surface area contributed by atoms with Crippen LogP contribution in [-0.4, -0.2) is 48.3 Å². The van der Waals surface area contributed by atoms with Gasteiger partial charge in [0, 0.05) is 18.3 Å². The Bertz CT molecular complexity index is 710. The average Bonchev–Trinajstić information content (AvgIpc) is 3.06. The molecule has 5 nitrogen and oxygen atoms in total. The molecule has 3 heterocycles. The third-order valence-corrected chi connectivity index (χ3v) is 4.59. The van der Waals surface area contributed by atoms with Crippen molar-refractivity contribution in [2.75, 3.05) is 31.1 Å². The minimum atomic E-state index is 0.0963. The number of likely N-dealkylation sites (tertiary alicyclic amines) is 1. The van der Waals surface area contributed by atoms with E-state index in [0.717, 1.165) is 17.9 Å². The highest BCUT2D eigenvalue weighted by Crippen LogP contribution is 2.28. The Hall–Kier alpha value is -2.58. The highest BCUT2D eigenvalue weighted by Gasteiger charge is 2.40. The number of anilines is 1. The molecule has 5 heteroatoms. The molecule has 2 saturated heterocycles. The van der Waals surface area contributed by atoms with E-state index >= 15 is 0 Å². The first-order chi connectivity index (χ1) is 11.3. The van der Waals surface area contributed by atoms with E-state index in [9.17, 15) is 0 Å². The van der Waals surface area contributed by atoms with Crippen molar-refractivity contribution >= 4 is 5.82 Å². The van der Waals surface area contributed by atoms with Crippen LogP contribution in [0.5, 0.6) is 0 Å². The number of aromatic nitrogens is 1. The third-order valence-electron chi connectivity index (χ3n) is 4.59. The van der Waals surface area contributed by atoms with E-state index in [-0.39, 0.29) is 12.1 Å². The smallest absolute Gasteiger partial charge is 0.179 e. The minimum absolute atomic E-state index is 0.0963. The maximum absolute atomic E-state index is 9.12. The summed E-state index contributed by atoms with van der Waals surface area (Å²) in [5, 5.41) is 9.12. The molecule has 0 unspecified atom stereocenters. The first-order valence-electron chi connectivity index (χ1n) is 7.89. The maximum Gasteiger partial charge on any atom is 0.179 e. The van der Waals surface area contributed by atoms with Crippen LogP contribution in [0.3, 0.4) is 0 Å². The second-order valence-electron chi connectivity index (χ2n) is 5.95. The average molecular weight is 306 g/mol. The molecule has 2 aromatic rings. The zero-order valence-electron chi connectivity index (χ0n) is 12.8. The predicted octanol–water partition coefficient (Wildman–Crippen LogP) is 2.12. The quantitative estimate of drug-likeness (QED) is 0.796. The molecule has 23 heavy (non-hydrogen) atoms. The van der Waals surface area contributed by atoms with Crippen LogP contribution in [0.25, 0.3) is 11.1 Å². The van der Waals surface area contributed by atoms with Crippen LogP contribution >= 0.6 is 0 Å². The van der Waals surface area contributed by atoms with Crippen LogP contribution in [0.2, 0.25) is 0 Å². The fourth-order valence-corrected chi connectivity index (χ4v) is 3.41. The maximum atomic E-state index is 9.12. The van der Waals surface area contributed by atoms with Gasteiger partial charge in [-0.25, -0.2) is 4.98 Å². The van der Waals surface area contributed by atoms with Crippen LogP contribution < -0.4 is 4.90 Å². The van der Waals surface area contributed by atoms with Crippen molar-refractivity contribution in [2.24, 2.45) is 0 Å². The van der Waals surface area contributed by atoms with Gasteiger partial charge in [-0.05, 0) is 17.7 Å². The molecule has 1 aromatic heterocycles. The largest absolute Gasteiger partial charge is 0.372 e. The lowest BCUT2D eigenvalue weighted by molar-refractivity contribution is 0.0323. The van der Waals surface area contributed by atoms with E-state index in [1.165, 1.54) is 5.56 Å². The summed E-state index contributed by atoms with van der Waals surface area (Å²) in [6, 6.07) is 14.6. The number of benzene rings is 1. The molecule has 0 spiro atoms. The van der Waals surface area contributed by atoms with Crippen LogP contribution in [0, 0.1) is 11.5 Å². The van der Waals surface area contributed by atoms with Gasteiger partial charge < -0.3 is 14.5 Å². The van der Waals surface area contributed by atoms with Gasteiger partial charge in [0.25, 0.3) is 0 Å². The van der Waals surface area contributed by atoms with Crippen LogP contribution in [0.1, 0.15) is 0 Å². The Morgan fingerprint density at radius 2 is 1.96 bits per heavy atom. The fraction of sp³-hybridized carbons (Fsp3) is 0.333. The lowest BCUT2D eigenvalue weighted by Crippen LogP contribution is -2.51. The summed E-state index contributed by atoms with van der Waals surface area (Å²) in [7, 11) is 0. The van der Waals surface area contributed by atoms with Crippen molar-refractivity contribution < 1.29 is 4.74 Å². The van der Waals surface area contributed by atoms with Gasteiger partial charge in [0.05, 0.1) is 31.8 Å². The summed E-state index contributed by atoms with van der Waals surface area (Å²) < 4.78 is 5.82. The van der Waals surface area contributed by atoms with Crippen LogP contribution in [0.15, 0.2) is 48.7 Å². The van der Waals surface area contributed by atoms with Gasteiger partial charge in [0.2, 0.25) is 0 Å². The molecule has 4 rings (SSSR count). The summed E-state index contributed by atoms with van der Waals surface area (Å²) in [6.07, 6.45) is 4.25. The standard InChI is InChI=1S/C18H18N4O/c19-13-21-11-16-17(12-21)23-9-8-22(16)18-7-6-15(10-20-18)14-4-2-1-3-5-14/h1-7,10,16-17H,8-9,11-12H2/t16-,17+/m0/s1. The second-order valence-corrected chi connectivity index (χ2v) is 5.95. The van der Waals surface area contributed by atoms with E-state index in [1.807, 2.05) is 24.4 Å². The van der Waals surface area contributed by atoms with Crippen molar-refractivity contribution in [1.29, 1.82) is 5.26 Å². The summed E-state index contributed by atoms with van der Waals surface area (Å²) >= 11 is 0. The summed E-state index contributed by atoms with van der Waals surface area (Å²) in [5.41, 5.74) is 2.28. The fourth-order valence-electron chi connectivity index (χ4n) is 3.41. The van der Waals surface area contributed by atoms with Crippen LogP contribution in [0.4, 0.5) is 5.82 Å². The number of hydrogen-bond donors (Lipinski definition) is 0. The highest BCUT2D eigenvalue weighted by molar-refractivity contribution is 5.63. The van der Waals surface area contributed by atoms with E-state index in [1.54, 1.807) is 4.90 Å². The number of hydrogen-bond acceptors (Lipinski definition) is 5. The minimum Gasteiger partial charge on any atom is -0.372 e. The Morgan fingerprint density at radius 3 is 2.70 bits per heavy atom. The lowest BCUT2D eigenvalue weighted by atomic mass is 10.1. The molecule has 0 N–H and O–H groups in total. The number of nitrogens with zero attached hydrogens (tertiary/aromatic N) is 4. The first kappa shape index (κ1) is 14.0. The molecule has 2 atom stereocenters. The topological polar surface area (TPSA) is 52.4 Å². The van der Waals surface area contributed by atoms with Crippen molar-refractivity contribution in [3.05, 3.63) is 48.7 Å². The van der Waals surface area contributed by atoms with Crippen LogP contribution in [-0.2, 0) is 4.74 Å². The molecule has 0 amide bonds. The lowest BCUT2D eigenvalue weighted by Gasteiger charge is -2.37. The molecule has 2 fully saturated rings. The van der Waals surface area contributed by atoms with Crippen molar-refractivity contribution in [3.8, 4) is 17.3 Å². The number of morpholine rings is 1. The number of rotatable bonds is 2. The summed E-state index contributed by atoms with van der Waals surface area (Å²) in [6.45, 7) is 2.89. The van der Waals surface area contributed by atoms with Gasteiger partial charge in [0.1, 0.15) is 5.82 Å². The van der Waals surface area contributed by atoms with Gasteiger partial charge in [-0.3, -0.25) is 0 Å². The van der Waals surface area contributed by atoms with E-state index in [4.69, 9.17) is 10.00 Å². The number of fused-ring (bicyclic) bond motifs is 1. The van der Waals surface area contributed by atoms with Gasteiger partial charge >= 0.3 is 0 Å². The molecule has 1 aromatic carbocycles. The molecule has 2 aliphatic rings. The molecule has 0 radical (unpaired) electrons. The van der Waals surface area contributed by atoms with Gasteiger partial charge in [-0.2, -0.15) is 5.26 Å². The molecular formula is C18H18N4O. The van der Waals surface area contributed by atoms with Crippen molar-refractivity contribution in [3.63, 3.8) is 0 Å². The Labute approximate surface area is 135 Å². The van der Waals surface area contributed by atoms with E-state index < -0.39 is 0 Å². The Morgan fingerprint density at radius 1 is 1.09 bits per heavy atom. The zero-order chi connectivity index (χ0) is 15.6. The van der Waals surface area contributed by atoms with Gasteiger partial charge in [-0.1, -0.05) is 30.3 Å². The van der Waals surface area contributed by atoms with Gasteiger partial charge in [-0.15, -0.1) is 0 Å². The Kier molecular flexibility index (Phi) is 3.60. The third kappa shape index (κ3) is 2.62. The molecule has 2 aliphatic heterocycles. The highest BCUT2D eigenvalue weighted by atomic mass is 16.5. The predicted molar refractivity (Wildman–Crippen MR) is 87.7 cm³/mol. The number of nitriles is 1. The molecular weight excluding hydrogens is 288 g/mol. The molecule has 0 bridgehead atoms. The SMILES string of the molecule is N#CN1C[C@H]2OCCN(c3ccc(-c4ccccc4)cn3)[C@H]2C1. The van der Waals surface area contributed by atoms with Gasteiger partial charge in [0.15, 0.2) is 6.19 Å². The first-order valence-corrected chi connectivity index (χ1v) is 7.89.